The van der Waals surface area contributed by atoms with Gasteiger partial charge in [0.15, 0.2) is 18.1 Å². The first kappa shape index (κ1) is 45.0. The van der Waals surface area contributed by atoms with Gasteiger partial charge in [0.25, 0.3) is 0 Å². The Bertz CT molecular complexity index is 1670. The van der Waals surface area contributed by atoms with Gasteiger partial charge in [0, 0.05) is 32.4 Å². The van der Waals surface area contributed by atoms with Crippen LogP contribution in [-0.2, 0) is 49.5 Å². The molecule has 1 aliphatic carbocycles. The van der Waals surface area contributed by atoms with Gasteiger partial charge in [-0.15, -0.1) is 0 Å². The monoisotopic (exact) mass is 845 g/mol. The summed E-state index contributed by atoms with van der Waals surface area (Å²) in [5.41, 5.74) is 0.0195. The number of aliphatic hydroxyl groups is 5. The molecule has 0 radical (unpaired) electrons. The number of nitrogens with one attached hydrogen (secondary N) is 1. The fraction of sp³-hybridized carbons (Fsp3) is 0.744. The van der Waals surface area contributed by atoms with Crippen LogP contribution in [0.5, 0.6) is 0 Å². The fourth-order valence-electron chi connectivity index (χ4n) is 10.1. The highest BCUT2D eigenvalue weighted by Crippen LogP contribution is 2.59. The zero-order valence-electron chi connectivity index (χ0n) is 34.6. The Kier molecular flexibility index (Phi) is 14.6. The molecular formula is C43H63N3O14. The van der Waals surface area contributed by atoms with E-state index in [-0.39, 0.29) is 44.5 Å². The van der Waals surface area contributed by atoms with Crippen molar-refractivity contribution in [2.24, 2.45) is 5.41 Å². The summed E-state index contributed by atoms with van der Waals surface area (Å²) in [6, 6.07) is 5.49. The number of unbranched alkanes of at least 4 members (excludes halogenated alkanes) is 4. The van der Waals surface area contributed by atoms with Crippen LogP contribution in [0.2, 0.25) is 0 Å². The van der Waals surface area contributed by atoms with E-state index in [1.165, 1.54) is 5.06 Å². The van der Waals surface area contributed by atoms with E-state index in [2.05, 4.69) is 19.2 Å². The summed E-state index contributed by atoms with van der Waals surface area (Å²) in [6.45, 7) is 3.85. The number of amides is 2. The summed E-state index contributed by atoms with van der Waals surface area (Å²) < 4.78 is 31.3. The van der Waals surface area contributed by atoms with Gasteiger partial charge in [-0.2, -0.15) is 5.06 Å². The van der Waals surface area contributed by atoms with Crippen LogP contribution in [0.1, 0.15) is 95.6 Å². The van der Waals surface area contributed by atoms with Gasteiger partial charge in [0.05, 0.1) is 26.4 Å². The molecule has 1 saturated carbocycles. The first-order valence-corrected chi connectivity index (χ1v) is 21.9. The third-order valence-electron chi connectivity index (χ3n) is 13.1. The minimum absolute atomic E-state index is 0.0554. The lowest BCUT2D eigenvalue weighted by Gasteiger charge is -2.50. The number of hydroxylamine groups is 2. The van der Waals surface area contributed by atoms with Gasteiger partial charge >= 0.3 is 5.97 Å². The average Bonchev–Trinajstić information content (AvgIpc) is 3.98. The molecule has 6 fully saturated rings. The van der Waals surface area contributed by atoms with E-state index in [1.54, 1.807) is 17.1 Å². The van der Waals surface area contributed by atoms with Crippen molar-refractivity contribution in [3.8, 4) is 0 Å². The highest BCUT2D eigenvalue weighted by Gasteiger charge is 2.77. The number of nitrogens with zero attached hydrogens (tertiary/aromatic N) is 2. The van der Waals surface area contributed by atoms with Gasteiger partial charge in [0.2, 0.25) is 11.8 Å². The standard InChI is InChI=1S/C43H63N3O14/c1-3-5-9-17-42(18-10-6-4-2)58-34-29-23-43(41(54)45-20-11-16-28(45)38(52)44-19-21-47)36(39(53)56-29)46(60-37(43)35(34)59-42)24-27-14-8-7-13-26(27)15-12-22-55-40-33(51)32(50)31(49)30(25-48)57-40/h7-8,12-15,28-37,40,47-51H,3-6,9-11,16-25H2,1-2H3,(H,44,52)/t28-,29?,30-,31+,32+,33-,34+,35+,36+,37-,40+,43?/m1/s1. The Morgan fingerprint density at radius 2 is 1.72 bits per heavy atom. The minimum atomic E-state index is -1.57. The van der Waals surface area contributed by atoms with E-state index < -0.39 is 91.0 Å². The summed E-state index contributed by atoms with van der Waals surface area (Å²) in [5, 5.41) is 53.9. The number of likely N-dealkylation sites (tertiary alicyclic amines) is 1. The molecule has 5 saturated heterocycles. The SMILES string of the molecule is CCCCCC1(CCCCC)O[C@@H]2[C@H]3ON(Cc4ccccc4C=CCO[C@H]4O[C@H](CO)[C@H](O)[C@H](O)[C@H]4O)[C@H]4C(=O)OC(CC34C(=O)N3CCC[C@@H]3C(=O)NCCO)[C@@H]2O1. The van der Waals surface area contributed by atoms with Crippen molar-refractivity contribution in [2.75, 3.05) is 32.9 Å². The number of carbonyl (C=O) groups excluding carboxylic acids is 3. The van der Waals surface area contributed by atoms with Crippen LogP contribution in [0.3, 0.4) is 0 Å². The second-order valence-electron chi connectivity index (χ2n) is 17.0. The van der Waals surface area contributed by atoms with E-state index >= 15 is 4.79 Å². The minimum Gasteiger partial charge on any atom is -0.458 e. The summed E-state index contributed by atoms with van der Waals surface area (Å²) in [4.78, 5) is 51.6. The quantitative estimate of drug-likeness (QED) is 0.0846. The number of hydrogen-bond acceptors (Lipinski definition) is 15. The molecule has 0 spiro atoms. The van der Waals surface area contributed by atoms with Crippen LogP contribution >= 0.6 is 0 Å². The molecule has 5 heterocycles. The van der Waals surface area contributed by atoms with Crippen molar-refractivity contribution >= 4 is 23.9 Å². The Morgan fingerprint density at radius 3 is 2.43 bits per heavy atom. The normalized spacial score (nSPS) is 35.8. The molecule has 17 nitrogen and oxygen atoms in total. The average molecular weight is 846 g/mol. The van der Waals surface area contributed by atoms with E-state index in [4.69, 9.17) is 28.5 Å². The van der Waals surface area contributed by atoms with Gasteiger partial charge in [-0.1, -0.05) is 75.9 Å². The number of benzene rings is 1. The van der Waals surface area contributed by atoms with Crippen molar-refractivity contribution < 1.29 is 68.4 Å². The number of aliphatic hydroxyl groups excluding tert-OH is 5. The van der Waals surface area contributed by atoms with Gasteiger partial charge in [-0.05, 0) is 36.8 Å². The first-order chi connectivity index (χ1) is 29.0. The van der Waals surface area contributed by atoms with Crippen molar-refractivity contribution in [1.29, 1.82) is 0 Å². The van der Waals surface area contributed by atoms with E-state index in [1.807, 2.05) is 24.3 Å². The molecule has 334 valence electrons. The second-order valence-corrected chi connectivity index (χ2v) is 17.0. The number of rotatable bonds is 19. The zero-order valence-corrected chi connectivity index (χ0v) is 34.6. The number of carbonyl (C=O) groups is 3. The summed E-state index contributed by atoms with van der Waals surface area (Å²) in [6.07, 6.45) is 1.60. The van der Waals surface area contributed by atoms with E-state index in [0.717, 1.165) is 49.7 Å². The maximum atomic E-state index is 15.4. The number of esters is 1. The molecule has 6 N–H and O–H groups in total. The molecule has 60 heavy (non-hydrogen) atoms. The van der Waals surface area contributed by atoms with Gasteiger partial charge < -0.3 is 59.4 Å². The third-order valence-corrected chi connectivity index (χ3v) is 13.1. The number of fused-ring (bicyclic) bond motifs is 4. The van der Waals surface area contributed by atoms with Gasteiger partial charge in [-0.25, -0.2) is 0 Å². The lowest BCUT2D eigenvalue weighted by Crippen LogP contribution is -2.70. The van der Waals surface area contributed by atoms with Crippen LogP contribution in [-0.4, -0.2) is 159 Å². The molecule has 1 aromatic rings. The van der Waals surface area contributed by atoms with E-state index in [9.17, 15) is 35.1 Å². The molecule has 5 aliphatic heterocycles. The Labute approximate surface area is 350 Å². The highest BCUT2D eigenvalue weighted by molar-refractivity contribution is 5.96. The van der Waals surface area contributed by atoms with Crippen molar-refractivity contribution in [2.45, 2.75) is 164 Å². The smallest absolute Gasteiger partial charge is 0.327 e. The Balaban J connectivity index is 1.18. The molecule has 2 amide bonds. The van der Waals surface area contributed by atoms with Crippen LogP contribution in [0.15, 0.2) is 30.3 Å². The Morgan fingerprint density at radius 1 is 0.983 bits per heavy atom. The molecular weight excluding hydrogens is 782 g/mol. The molecule has 2 unspecified atom stereocenters. The molecule has 2 bridgehead atoms. The number of ether oxygens (including phenoxy) is 5. The number of hydrogen-bond donors (Lipinski definition) is 6. The zero-order chi connectivity index (χ0) is 42.6. The lowest BCUT2D eigenvalue weighted by molar-refractivity contribution is -0.298. The fourth-order valence-corrected chi connectivity index (χ4v) is 10.1. The first-order valence-electron chi connectivity index (χ1n) is 21.9. The van der Waals surface area contributed by atoms with Gasteiger partial charge in [-0.3, -0.25) is 19.2 Å². The van der Waals surface area contributed by atoms with Crippen LogP contribution in [0.25, 0.3) is 6.08 Å². The summed E-state index contributed by atoms with van der Waals surface area (Å²) in [7, 11) is 0. The Hall–Kier alpha value is -3.07. The molecule has 6 aliphatic rings. The highest BCUT2D eigenvalue weighted by atomic mass is 16.8. The van der Waals surface area contributed by atoms with Crippen molar-refractivity contribution in [3.05, 3.63) is 41.5 Å². The van der Waals surface area contributed by atoms with Crippen molar-refractivity contribution in [3.63, 3.8) is 0 Å². The maximum Gasteiger partial charge on any atom is 0.327 e. The molecule has 17 heteroatoms. The van der Waals surface area contributed by atoms with Crippen LogP contribution in [0, 0.1) is 5.41 Å². The molecule has 12 atom stereocenters. The topological polar surface area (TPSA) is 226 Å². The maximum absolute atomic E-state index is 15.4. The summed E-state index contributed by atoms with van der Waals surface area (Å²) >= 11 is 0. The predicted octanol–water partition coefficient (Wildman–Crippen LogP) is 1.06. The van der Waals surface area contributed by atoms with Crippen LogP contribution < -0.4 is 5.32 Å². The third kappa shape index (κ3) is 8.65. The molecule has 0 aromatic heterocycles. The van der Waals surface area contributed by atoms with E-state index in [0.29, 0.717) is 32.2 Å². The van der Waals surface area contributed by atoms with Gasteiger partial charge in [0.1, 0.15) is 60.3 Å². The van der Waals surface area contributed by atoms with Crippen LogP contribution in [0.4, 0.5) is 0 Å². The molecule has 1 aromatic carbocycles. The lowest BCUT2D eigenvalue weighted by atomic mass is 9.62. The second kappa shape index (κ2) is 19.5. The molecule has 7 rings (SSSR count). The predicted molar refractivity (Wildman–Crippen MR) is 212 cm³/mol. The largest absolute Gasteiger partial charge is 0.458 e. The van der Waals surface area contributed by atoms with Crippen molar-refractivity contribution in [1.82, 2.24) is 15.3 Å². The summed E-state index contributed by atoms with van der Waals surface area (Å²) in [5.74, 6) is -2.27.